The van der Waals surface area contributed by atoms with Crippen LogP contribution in [0.15, 0.2) is 35.1 Å². The third-order valence-corrected chi connectivity index (χ3v) is 3.42. The highest BCUT2D eigenvalue weighted by molar-refractivity contribution is 9.10. The maximum absolute atomic E-state index is 12.0. The fourth-order valence-electron chi connectivity index (χ4n) is 1.63. The Morgan fingerprint density at radius 3 is 2.59 bits per heavy atom. The number of hydrogen-bond donors (Lipinski definition) is 0. The third kappa shape index (κ3) is 3.88. The van der Waals surface area contributed by atoms with E-state index in [1.165, 1.54) is 19.5 Å². The number of esters is 1. The summed E-state index contributed by atoms with van der Waals surface area (Å²) in [6.45, 7) is 1.39. The van der Waals surface area contributed by atoms with E-state index in [1.807, 2.05) is 0 Å². The second kappa shape index (κ2) is 7.13. The van der Waals surface area contributed by atoms with E-state index in [0.29, 0.717) is 21.5 Å². The molecule has 0 N–H and O–H groups in total. The normalized spacial score (nSPS) is 10.1. The molecule has 22 heavy (non-hydrogen) atoms. The summed E-state index contributed by atoms with van der Waals surface area (Å²) in [7, 11) is 1.53. The van der Waals surface area contributed by atoms with Crippen molar-refractivity contribution in [1.29, 1.82) is 0 Å². The highest BCUT2D eigenvalue weighted by Gasteiger charge is 2.14. The number of aromatic nitrogens is 2. The minimum atomic E-state index is -0.687. The standard InChI is InChI=1S/C15H13BrN2O4/c1-9-6-18-12(7-17-9)15(20)22-8-13(19)10-3-4-14(21-2)11(16)5-10/h3-7H,8H2,1-2H3. The summed E-state index contributed by atoms with van der Waals surface area (Å²) in [6, 6.07) is 4.87. The Hall–Kier alpha value is -2.28. The molecule has 0 spiro atoms. The van der Waals surface area contributed by atoms with E-state index in [4.69, 9.17) is 9.47 Å². The minimum absolute atomic E-state index is 0.0642. The number of Topliss-reactive ketones (excluding diaryl/α,β-unsaturated/α-hetero) is 1. The van der Waals surface area contributed by atoms with E-state index in [2.05, 4.69) is 25.9 Å². The molecular weight excluding hydrogens is 352 g/mol. The molecule has 0 aliphatic rings. The van der Waals surface area contributed by atoms with Crippen molar-refractivity contribution in [2.24, 2.45) is 0 Å². The average molecular weight is 365 g/mol. The molecule has 0 fully saturated rings. The topological polar surface area (TPSA) is 78.4 Å². The molecule has 0 atom stereocenters. The molecule has 1 aromatic heterocycles. The monoisotopic (exact) mass is 364 g/mol. The van der Waals surface area contributed by atoms with E-state index in [9.17, 15) is 9.59 Å². The van der Waals surface area contributed by atoms with Crippen LogP contribution < -0.4 is 4.74 Å². The first kappa shape index (κ1) is 16.1. The Morgan fingerprint density at radius 1 is 1.23 bits per heavy atom. The molecule has 0 saturated heterocycles. The van der Waals surface area contributed by atoms with Gasteiger partial charge in [-0.05, 0) is 41.1 Å². The maximum atomic E-state index is 12.0. The van der Waals surface area contributed by atoms with Crippen molar-refractivity contribution in [1.82, 2.24) is 9.97 Å². The van der Waals surface area contributed by atoms with Gasteiger partial charge in [-0.1, -0.05) is 0 Å². The van der Waals surface area contributed by atoms with Crippen molar-refractivity contribution < 1.29 is 19.1 Å². The number of aryl methyl sites for hydroxylation is 1. The van der Waals surface area contributed by atoms with Gasteiger partial charge in [0, 0.05) is 11.8 Å². The van der Waals surface area contributed by atoms with E-state index >= 15 is 0 Å². The average Bonchev–Trinajstić information content (AvgIpc) is 2.52. The van der Waals surface area contributed by atoms with Crippen LogP contribution in [-0.2, 0) is 4.74 Å². The van der Waals surface area contributed by atoms with Crippen LogP contribution in [0.1, 0.15) is 26.5 Å². The summed E-state index contributed by atoms with van der Waals surface area (Å²) in [5.74, 6) is -0.395. The van der Waals surface area contributed by atoms with Gasteiger partial charge in [0.2, 0.25) is 0 Å². The van der Waals surface area contributed by atoms with Gasteiger partial charge in [0.1, 0.15) is 5.75 Å². The molecule has 114 valence electrons. The van der Waals surface area contributed by atoms with Crippen LogP contribution >= 0.6 is 15.9 Å². The first-order chi connectivity index (χ1) is 10.5. The molecule has 0 unspecified atom stereocenters. The third-order valence-electron chi connectivity index (χ3n) is 2.80. The Kier molecular flexibility index (Phi) is 5.21. The van der Waals surface area contributed by atoms with Gasteiger partial charge in [-0.25, -0.2) is 9.78 Å². The van der Waals surface area contributed by atoms with Crippen LogP contribution in [0.3, 0.4) is 0 Å². The summed E-state index contributed by atoms with van der Waals surface area (Å²) >= 11 is 3.30. The fourth-order valence-corrected chi connectivity index (χ4v) is 2.17. The second-order valence-corrected chi connectivity index (χ2v) is 5.25. The number of carbonyl (C=O) groups excluding carboxylic acids is 2. The number of hydrogen-bond acceptors (Lipinski definition) is 6. The summed E-state index contributed by atoms with van der Waals surface area (Å²) in [5.41, 5.74) is 1.17. The minimum Gasteiger partial charge on any atom is -0.496 e. The van der Waals surface area contributed by atoms with Crippen molar-refractivity contribution in [2.45, 2.75) is 6.92 Å². The van der Waals surface area contributed by atoms with Gasteiger partial charge in [-0.15, -0.1) is 0 Å². The molecule has 1 aromatic carbocycles. The number of rotatable bonds is 5. The number of halogens is 1. The zero-order valence-corrected chi connectivity index (χ0v) is 13.6. The molecule has 6 nitrogen and oxygen atoms in total. The Bertz CT molecular complexity index is 701. The van der Waals surface area contributed by atoms with Gasteiger partial charge in [-0.2, -0.15) is 0 Å². The van der Waals surface area contributed by atoms with Crippen LogP contribution in [0.4, 0.5) is 0 Å². The Balaban J connectivity index is 1.99. The number of methoxy groups -OCH3 is 1. The molecule has 0 aliphatic carbocycles. The Morgan fingerprint density at radius 2 is 2.00 bits per heavy atom. The number of benzene rings is 1. The lowest BCUT2D eigenvalue weighted by Gasteiger charge is -2.06. The first-order valence-corrected chi connectivity index (χ1v) is 7.13. The van der Waals surface area contributed by atoms with Crippen LogP contribution in [-0.4, -0.2) is 35.4 Å². The van der Waals surface area contributed by atoms with Gasteiger partial charge >= 0.3 is 5.97 Å². The van der Waals surface area contributed by atoms with Crippen molar-refractivity contribution in [3.8, 4) is 5.75 Å². The lowest BCUT2D eigenvalue weighted by Crippen LogP contribution is -2.15. The predicted octanol–water partition coefficient (Wildman–Crippen LogP) is 2.60. The zero-order valence-electron chi connectivity index (χ0n) is 12.0. The molecule has 2 rings (SSSR count). The van der Waals surface area contributed by atoms with Gasteiger partial charge < -0.3 is 9.47 Å². The SMILES string of the molecule is COc1ccc(C(=O)COC(=O)c2cnc(C)cn2)cc1Br. The molecule has 7 heteroatoms. The molecule has 0 saturated carbocycles. The lowest BCUT2D eigenvalue weighted by atomic mass is 10.1. The van der Waals surface area contributed by atoms with Crippen molar-refractivity contribution in [2.75, 3.05) is 13.7 Å². The molecular formula is C15H13BrN2O4. The van der Waals surface area contributed by atoms with Gasteiger partial charge in [-0.3, -0.25) is 9.78 Å². The van der Waals surface area contributed by atoms with Crippen molar-refractivity contribution in [3.63, 3.8) is 0 Å². The first-order valence-electron chi connectivity index (χ1n) is 6.33. The number of ether oxygens (including phenoxy) is 2. The van der Waals surface area contributed by atoms with E-state index in [-0.39, 0.29) is 18.1 Å². The summed E-state index contributed by atoms with van der Waals surface area (Å²) in [6.07, 6.45) is 2.77. The quantitative estimate of drug-likeness (QED) is 0.599. The number of carbonyl (C=O) groups is 2. The number of ketones is 1. The maximum Gasteiger partial charge on any atom is 0.358 e. The summed E-state index contributed by atoms with van der Waals surface area (Å²) < 4.78 is 10.7. The van der Waals surface area contributed by atoms with Crippen LogP contribution in [0, 0.1) is 6.92 Å². The summed E-state index contributed by atoms with van der Waals surface area (Å²) in [5, 5.41) is 0. The predicted molar refractivity (Wildman–Crippen MR) is 82.1 cm³/mol. The molecule has 0 radical (unpaired) electrons. The van der Waals surface area contributed by atoms with E-state index < -0.39 is 5.97 Å². The van der Waals surface area contributed by atoms with Crippen LogP contribution in [0.25, 0.3) is 0 Å². The second-order valence-electron chi connectivity index (χ2n) is 4.39. The fraction of sp³-hybridized carbons (Fsp3) is 0.200. The van der Waals surface area contributed by atoms with Crippen LogP contribution in [0.5, 0.6) is 5.75 Å². The van der Waals surface area contributed by atoms with Gasteiger partial charge in [0.25, 0.3) is 0 Å². The van der Waals surface area contributed by atoms with Crippen molar-refractivity contribution in [3.05, 3.63) is 52.0 Å². The van der Waals surface area contributed by atoms with Gasteiger partial charge in [0.05, 0.1) is 23.5 Å². The summed E-state index contributed by atoms with van der Waals surface area (Å²) in [4.78, 5) is 31.6. The highest BCUT2D eigenvalue weighted by Crippen LogP contribution is 2.25. The molecule has 0 bridgehead atoms. The number of nitrogens with zero attached hydrogens (tertiary/aromatic N) is 2. The molecule has 2 aromatic rings. The molecule has 0 amide bonds. The zero-order chi connectivity index (χ0) is 16.1. The van der Waals surface area contributed by atoms with Crippen molar-refractivity contribution >= 4 is 27.7 Å². The smallest absolute Gasteiger partial charge is 0.358 e. The Labute approximate surface area is 135 Å². The highest BCUT2D eigenvalue weighted by atomic mass is 79.9. The van der Waals surface area contributed by atoms with Gasteiger partial charge in [0.15, 0.2) is 18.1 Å². The largest absolute Gasteiger partial charge is 0.496 e. The lowest BCUT2D eigenvalue weighted by molar-refractivity contribution is 0.0468. The van der Waals surface area contributed by atoms with Crippen LogP contribution in [0.2, 0.25) is 0 Å². The van der Waals surface area contributed by atoms with E-state index in [0.717, 1.165) is 0 Å². The molecule has 1 heterocycles. The van der Waals surface area contributed by atoms with E-state index in [1.54, 1.807) is 25.1 Å². The molecule has 0 aliphatic heterocycles.